The van der Waals surface area contributed by atoms with Gasteiger partial charge in [0.2, 0.25) is 0 Å². The molecule has 6 nitrogen and oxygen atoms in total. The summed E-state index contributed by atoms with van der Waals surface area (Å²) in [5, 5.41) is 0. The molecule has 0 aromatic heterocycles. The zero-order valence-electron chi connectivity index (χ0n) is 17.9. The molecular weight excluding hydrogens is 468 g/mol. The zero-order chi connectivity index (χ0) is 21.7. The van der Waals surface area contributed by atoms with Gasteiger partial charge >= 0.3 is 12.8 Å². The Morgan fingerprint density at radius 2 is 1.83 bits per heavy atom. The maximum Gasteiger partial charge on any atom is 0.305 e. The topological polar surface area (TPSA) is 53.1 Å². The third kappa shape index (κ3) is 5.50. The molecular formula is C20H35Cl3N3O3P. The highest BCUT2D eigenvalue weighted by atomic mass is 35.7. The van der Waals surface area contributed by atoms with Crippen molar-refractivity contribution in [3.05, 3.63) is 0 Å². The van der Waals surface area contributed by atoms with Crippen LogP contribution in [0, 0.1) is 11.8 Å². The Morgan fingerprint density at radius 3 is 2.47 bits per heavy atom. The van der Waals surface area contributed by atoms with E-state index < -0.39 is 6.80 Å². The summed E-state index contributed by atoms with van der Waals surface area (Å²) in [4.78, 5) is 14.3. The fourth-order valence-electron chi connectivity index (χ4n) is 5.89. The molecule has 0 aromatic rings. The number of hydrogen-bond donors (Lipinski definition) is 0. The lowest BCUT2D eigenvalue weighted by molar-refractivity contribution is -0.140. The summed E-state index contributed by atoms with van der Waals surface area (Å²) < 4.78 is 22.7. The van der Waals surface area contributed by atoms with E-state index in [4.69, 9.17) is 39.2 Å². The van der Waals surface area contributed by atoms with Gasteiger partial charge in [-0.2, -0.15) is 0 Å². The minimum atomic E-state index is -3.31. The third-order valence-electron chi connectivity index (χ3n) is 7.10. The Labute approximate surface area is 195 Å². The van der Waals surface area contributed by atoms with Gasteiger partial charge in [-0.25, -0.2) is 9.34 Å². The van der Waals surface area contributed by atoms with Crippen LogP contribution in [0.1, 0.15) is 44.9 Å². The number of alkyl halides is 2. The number of halogens is 3. The molecule has 174 valence electrons. The van der Waals surface area contributed by atoms with E-state index in [9.17, 15) is 9.36 Å². The molecule has 3 saturated heterocycles. The predicted molar refractivity (Wildman–Crippen MR) is 124 cm³/mol. The lowest BCUT2D eigenvalue weighted by Crippen LogP contribution is -2.64. The number of hydrogen-bond acceptors (Lipinski definition) is 4. The standard InChI is InChI=1S/C20H35Cl3N3O3P/c1-29-19(27)8-2-7-18-17-6-4-12-24-11-3-5-16(20(17)24)15-26(18)30(23,28)25(13-9-21)14-10-22/h16-18,20H,2-15H2,1H3/t16-,17-,18?,20+,30?/m1/s1. The summed E-state index contributed by atoms with van der Waals surface area (Å²) in [7, 11) is 1.42. The molecule has 0 aromatic carbocycles. The molecule has 0 spiro atoms. The summed E-state index contributed by atoms with van der Waals surface area (Å²) in [6.07, 6.45) is 6.52. The molecule has 3 aliphatic heterocycles. The molecule has 3 heterocycles. The van der Waals surface area contributed by atoms with Crippen LogP contribution in [0.3, 0.4) is 0 Å². The molecule has 3 rings (SSSR count). The minimum absolute atomic E-state index is 0.0910. The second-order valence-electron chi connectivity index (χ2n) is 8.70. The van der Waals surface area contributed by atoms with E-state index in [2.05, 4.69) is 9.57 Å². The van der Waals surface area contributed by atoms with E-state index in [1.807, 2.05) is 0 Å². The fourth-order valence-corrected chi connectivity index (χ4v) is 9.59. The Hall–Kier alpha value is 0.450. The maximum atomic E-state index is 14.0. The Balaban J connectivity index is 1.87. The molecule has 5 atom stereocenters. The van der Waals surface area contributed by atoms with Crippen LogP contribution in [0.4, 0.5) is 0 Å². The van der Waals surface area contributed by atoms with Gasteiger partial charge in [-0.1, -0.05) is 0 Å². The largest absolute Gasteiger partial charge is 0.469 e. The van der Waals surface area contributed by atoms with Crippen molar-refractivity contribution in [2.45, 2.75) is 57.0 Å². The highest BCUT2D eigenvalue weighted by Gasteiger charge is 2.53. The first-order valence-electron chi connectivity index (χ1n) is 11.2. The number of methoxy groups -OCH3 is 1. The Morgan fingerprint density at radius 1 is 1.17 bits per heavy atom. The fraction of sp³-hybridized carbons (Fsp3) is 0.950. The molecule has 3 aliphatic rings. The number of rotatable bonds is 10. The van der Waals surface area contributed by atoms with Crippen LogP contribution in [0.2, 0.25) is 0 Å². The number of piperidine rings is 3. The van der Waals surface area contributed by atoms with Crippen molar-refractivity contribution >= 4 is 47.2 Å². The van der Waals surface area contributed by atoms with Gasteiger partial charge in [0.25, 0.3) is 0 Å². The molecule has 30 heavy (non-hydrogen) atoms. The Bertz CT molecular complexity index is 621. The molecule has 0 radical (unpaired) electrons. The molecule has 0 bridgehead atoms. The van der Waals surface area contributed by atoms with Crippen molar-refractivity contribution in [3.63, 3.8) is 0 Å². The lowest BCUT2D eigenvalue weighted by atomic mass is 9.70. The highest BCUT2D eigenvalue weighted by Crippen LogP contribution is 2.63. The van der Waals surface area contributed by atoms with Crippen LogP contribution in [0.25, 0.3) is 0 Å². The van der Waals surface area contributed by atoms with Crippen LogP contribution in [-0.4, -0.2) is 83.9 Å². The average Bonchev–Trinajstić information content (AvgIpc) is 2.74. The second-order valence-corrected chi connectivity index (χ2v) is 12.8. The quantitative estimate of drug-likeness (QED) is 0.247. The van der Waals surface area contributed by atoms with Gasteiger partial charge in [0.15, 0.2) is 0 Å². The van der Waals surface area contributed by atoms with E-state index >= 15 is 0 Å². The van der Waals surface area contributed by atoms with E-state index in [0.717, 1.165) is 45.3 Å². The number of esters is 1. The van der Waals surface area contributed by atoms with Crippen molar-refractivity contribution in [1.29, 1.82) is 0 Å². The highest BCUT2D eigenvalue weighted by molar-refractivity contribution is 7.85. The van der Waals surface area contributed by atoms with Crippen molar-refractivity contribution in [2.75, 3.05) is 51.6 Å². The molecule has 0 N–H and O–H groups in total. The summed E-state index contributed by atoms with van der Waals surface area (Å²) in [5.41, 5.74) is 0. The van der Waals surface area contributed by atoms with Crippen molar-refractivity contribution < 1.29 is 14.1 Å². The number of carbonyl (C=O) groups is 1. The number of carbonyl (C=O) groups excluding carboxylic acids is 1. The van der Waals surface area contributed by atoms with Gasteiger partial charge in [-0.15, -0.1) is 23.2 Å². The van der Waals surface area contributed by atoms with E-state index in [0.29, 0.717) is 55.6 Å². The zero-order valence-corrected chi connectivity index (χ0v) is 21.0. The van der Waals surface area contributed by atoms with Crippen LogP contribution < -0.4 is 0 Å². The first kappa shape index (κ1) is 25.1. The van der Waals surface area contributed by atoms with Crippen molar-refractivity contribution in [2.24, 2.45) is 11.8 Å². The SMILES string of the molecule is COC(=O)CCCC1[C@H]2CCCN3CCC[C@H](CN1P(=O)(Cl)N(CCCl)CCCl)[C@@H]23. The number of nitrogens with zero attached hydrogens (tertiary/aromatic N) is 3. The lowest BCUT2D eigenvalue weighted by Gasteiger charge is -2.58. The van der Waals surface area contributed by atoms with Crippen LogP contribution >= 0.6 is 41.2 Å². The molecule has 0 aliphatic carbocycles. The Kier molecular flexibility index (Phi) is 9.65. The van der Waals surface area contributed by atoms with Crippen LogP contribution in [0.5, 0.6) is 0 Å². The maximum absolute atomic E-state index is 14.0. The van der Waals surface area contributed by atoms with Gasteiger partial charge < -0.3 is 4.74 Å². The molecule has 3 fully saturated rings. The molecule has 10 heteroatoms. The number of ether oxygens (including phenoxy) is 1. The summed E-state index contributed by atoms with van der Waals surface area (Å²) in [5.74, 6) is 1.44. The summed E-state index contributed by atoms with van der Waals surface area (Å²) in [6.45, 7) is 0.650. The summed E-state index contributed by atoms with van der Waals surface area (Å²) >= 11 is 18.9. The van der Waals surface area contributed by atoms with E-state index in [1.165, 1.54) is 13.5 Å². The molecule has 0 saturated carbocycles. The second kappa shape index (κ2) is 11.5. The van der Waals surface area contributed by atoms with Crippen molar-refractivity contribution in [3.8, 4) is 0 Å². The van der Waals surface area contributed by atoms with Crippen LogP contribution in [0.15, 0.2) is 0 Å². The van der Waals surface area contributed by atoms with Gasteiger partial charge in [0.1, 0.15) is 0 Å². The minimum Gasteiger partial charge on any atom is -0.469 e. The van der Waals surface area contributed by atoms with E-state index in [-0.39, 0.29) is 12.0 Å². The summed E-state index contributed by atoms with van der Waals surface area (Å²) in [6, 6.07) is 0.631. The molecule has 0 amide bonds. The predicted octanol–water partition coefficient (Wildman–Crippen LogP) is 4.63. The van der Waals surface area contributed by atoms with Crippen molar-refractivity contribution in [1.82, 2.24) is 14.2 Å². The monoisotopic (exact) mass is 501 g/mol. The van der Waals surface area contributed by atoms with Gasteiger partial charge in [0.05, 0.1) is 7.11 Å². The average molecular weight is 503 g/mol. The van der Waals surface area contributed by atoms with Gasteiger partial charge in [-0.05, 0) is 74.7 Å². The third-order valence-corrected chi connectivity index (χ3v) is 10.9. The van der Waals surface area contributed by atoms with Crippen LogP contribution in [-0.2, 0) is 14.1 Å². The van der Waals surface area contributed by atoms with E-state index in [1.54, 1.807) is 4.67 Å². The normalized spacial score (nSPS) is 31.9. The smallest absolute Gasteiger partial charge is 0.305 e. The van der Waals surface area contributed by atoms with Gasteiger partial charge in [0, 0.05) is 49.9 Å². The van der Waals surface area contributed by atoms with Gasteiger partial charge in [-0.3, -0.25) is 14.3 Å². The first-order valence-corrected chi connectivity index (χ1v) is 14.8. The molecule has 2 unspecified atom stereocenters. The first-order chi connectivity index (χ1) is 14.4.